The third kappa shape index (κ3) is 4.26. The molecule has 2 aliphatic rings. The molecule has 0 aromatic heterocycles. The summed E-state index contributed by atoms with van der Waals surface area (Å²) in [7, 11) is 3.62. The summed E-state index contributed by atoms with van der Waals surface area (Å²) in [6.45, 7) is 0.786. The first kappa shape index (κ1) is 21.6. The van der Waals surface area contributed by atoms with Gasteiger partial charge in [0.1, 0.15) is 11.5 Å². The number of nitrogens with zero attached hydrogens (tertiary/aromatic N) is 1. The van der Waals surface area contributed by atoms with Crippen molar-refractivity contribution in [3.8, 4) is 17.2 Å². The van der Waals surface area contributed by atoms with E-state index in [-0.39, 0.29) is 31.8 Å². The van der Waals surface area contributed by atoms with Crippen LogP contribution in [-0.2, 0) is 30.8 Å². The number of likely N-dealkylation sites (N-methyl/N-ethyl adjacent to an activating group) is 1. The highest BCUT2D eigenvalue weighted by Crippen LogP contribution is 2.45. The number of fused-ring (bicyclic) bond motifs is 2. The number of ketones is 1. The smallest absolute Gasteiger partial charge is 0.231 e. The lowest BCUT2D eigenvalue weighted by Gasteiger charge is -2.36. The zero-order chi connectivity index (χ0) is 22.0. The monoisotopic (exact) mass is 427 g/mol. The van der Waals surface area contributed by atoms with E-state index in [1.165, 1.54) is 0 Å². The fraction of sp³-hybridized carbons (Fsp3) is 0.458. The number of aryl methyl sites for hydroxylation is 1. The summed E-state index contributed by atoms with van der Waals surface area (Å²) in [6, 6.07) is 7.41. The first-order valence-electron chi connectivity index (χ1n) is 10.6. The lowest BCUT2D eigenvalue weighted by Crippen LogP contribution is -2.34. The van der Waals surface area contributed by atoms with E-state index in [1.807, 2.05) is 31.3 Å². The number of rotatable bonds is 8. The number of hydrogen-bond donors (Lipinski definition) is 2. The molecule has 0 saturated heterocycles. The van der Waals surface area contributed by atoms with Crippen molar-refractivity contribution >= 4 is 5.78 Å². The van der Waals surface area contributed by atoms with E-state index in [0.29, 0.717) is 30.8 Å². The van der Waals surface area contributed by atoms with Gasteiger partial charge in [-0.15, -0.1) is 0 Å². The molecule has 7 nitrogen and oxygen atoms in total. The zero-order valence-corrected chi connectivity index (χ0v) is 18.0. The van der Waals surface area contributed by atoms with Crippen LogP contribution >= 0.6 is 0 Å². The second-order valence-electron chi connectivity index (χ2n) is 8.11. The maximum absolute atomic E-state index is 13.0. The Hall–Kier alpha value is -2.61. The Bertz CT molecular complexity index is 973. The summed E-state index contributed by atoms with van der Waals surface area (Å²) in [5.74, 6) is 2.14. The number of ether oxygens (including phenoxy) is 3. The fourth-order valence-corrected chi connectivity index (χ4v) is 4.61. The summed E-state index contributed by atoms with van der Waals surface area (Å²) in [6.07, 6.45) is 2.13. The van der Waals surface area contributed by atoms with Gasteiger partial charge >= 0.3 is 0 Å². The summed E-state index contributed by atoms with van der Waals surface area (Å²) >= 11 is 0. The Labute approximate surface area is 182 Å². The minimum atomic E-state index is -0.154. The molecule has 2 heterocycles. The van der Waals surface area contributed by atoms with Crippen molar-refractivity contribution in [2.24, 2.45) is 0 Å². The topological polar surface area (TPSA) is 88.5 Å². The van der Waals surface area contributed by atoms with Crippen molar-refractivity contribution < 1.29 is 29.2 Å². The van der Waals surface area contributed by atoms with Gasteiger partial charge in [0, 0.05) is 31.0 Å². The van der Waals surface area contributed by atoms with Gasteiger partial charge in [-0.1, -0.05) is 6.07 Å². The summed E-state index contributed by atoms with van der Waals surface area (Å²) < 4.78 is 16.6. The van der Waals surface area contributed by atoms with Crippen LogP contribution in [0.5, 0.6) is 17.2 Å². The van der Waals surface area contributed by atoms with E-state index in [4.69, 9.17) is 14.2 Å². The molecule has 0 spiro atoms. The van der Waals surface area contributed by atoms with Crippen LogP contribution in [0.2, 0.25) is 0 Å². The molecule has 2 aromatic rings. The maximum Gasteiger partial charge on any atom is 0.231 e. The molecule has 2 aromatic carbocycles. The Balaban J connectivity index is 1.53. The molecule has 0 radical (unpaired) electrons. The second kappa shape index (κ2) is 9.26. The number of methoxy groups -OCH3 is 1. The molecular formula is C24H29NO6. The molecule has 31 heavy (non-hydrogen) atoms. The zero-order valence-electron chi connectivity index (χ0n) is 18.0. The standard InChI is InChI=1S/C24H29NO6/c1-25-8-7-17-10-22-24(31-14-30-22)19(13-27)23(17)20(25)11-18(28)5-4-16-9-15(12-26)3-6-21(16)29-2/h3,6,9-10,20,26-27H,4-5,7-8,11-14H2,1-2H3. The highest BCUT2D eigenvalue weighted by Gasteiger charge is 2.33. The van der Waals surface area contributed by atoms with Gasteiger partial charge in [0.2, 0.25) is 6.79 Å². The van der Waals surface area contributed by atoms with Crippen LogP contribution in [-0.4, -0.2) is 48.4 Å². The fourth-order valence-electron chi connectivity index (χ4n) is 4.61. The Morgan fingerprint density at radius 2 is 2.06 bits per heavy atom. The van der Waals surface area contributed by atoms with E-state index in [9.17, 15) is 15.0 Å². The van der Waals surface area contributed by atoms with Crippen LogP contribution in [0.1, 0.15) is 46.7 Å². The van der Waals surface area contributed by atoms with Crippen LogP contribution in [0.15, 0.2) is 24.3 Å². The number of benzene rings is 2. The molecule has 7 heteroatoms. The summed E-state index contributed by atoms with van der Waals surface area (Å²) in [4.78, 5) is 15.2. The van der Waals surface area contributed by atoms with Crippen molar-refractivity contribution in [2.45, 2.75) is 44.9 Å². The van der Waals surface area contributed by atoms with Crippen molar-refractivity contribution in [3.05, 3.63) is 52.1 Å². The lowest BCUT2D eigenvalue weighted by molar-refractivity contribution is -0.120. The van der Waals surface area contributed by atoms with Gasteiger partial charge in [0.25, 0.3) is 0 Å². The third-order valence-corrected chi connectivity index (χ3v) is 6.27. The predicted octanol–water partition coefficient (Wildman–Crippen LogP) is 2.53. The van der Waals surface area contributed by atoms with Gasteiger partial charge in [-0.05, 0) is 60.3 Å². The third-order valence-electron chi connectivity index (χ3n) is 6.27. The van der Waals surface area contributed by atoms with E-state index in [0.717, 1.165) is 46.5 Å². The molecule has 1 unspecified atom stereocenters. The number of hydrogen-bond acceptors (Lipinski definition) is 7. The Morgan fingerprint density at radius 3 is 2.81 bits per heavy atom. The molecule has 2 N–H and O–H groups in total. The first-order chi connectivity index (χ1) is 15.0. The number of aliphatic hydroxyl groups excluding tert-OH is 2. The van der Waals surface area contributed by atoms with E-state index >= 15 is 0 Å². The van der Waals surface area contributed by atoms with Crippen LogP contribution in [0.3, 0.4) is 0 Å². The number of Topliss-reactive ketones (excluding diaryl/α,β-unsaturated/α-hetero) is 1. The average Bonchev–Trinajstić information content (AvgIpc) is 3.26. The molecule has 0 aliphatic carbocycles. The number of carbonyl (C=O) groups is 1. The van der Waals surface area contributed by atoms with E-state index < -0.39 is 0 Å². The Kier molecular flexibility index (Phi) is 6.46. The Morgan fingerprint density at radius 1 is 1.23 bits per heavy atom. The molecule has 4 rings (SSSR count). The van der Waals surface area contributed by atoms with E-state index in [2.05, 4.69) is 4.90 Å². The van der Waals surface area contributed by atoms with Gasteiger partial charge in [0.05, 0.1) is 20.3 Å². The van der Waals surface area contributed by atoms with Crippen LogP contribution in [0.4, 0.5) is 0 Å². The molecule has 0 amide bonds. The van der Waals surface area contributed by atoms with Gasteiger partial charge in [-0.2, -0.15) is 0 Å². The summed E-state index contributed by atoms with van der Waals surface area (Å²) in [5.41, 5.74) is 4.55. The summed E-state index contributed by atoms with van der Waals surface area (Å²) in [5, 5.41) is 19.5. The highest BCUT2D eigenvalue weighted by molar-refractivity contribution is 5.80. The first-order valence-corrected chi connectivity index (χ1v) is 10.6. The van der Waals surface area contributed by atoms with Crippen molar-refractivity contribution in [2.75, 3.05) is 27.5 Å². The maximum atomic E-state index is 13.0. The molecule has 166 valence electrons. The number of carbonyl (C=O) groups excluding carboxylic acids is 1. The van der Waals surface area contributed by atoms with Crippen molar-refractivity contribution in [3.63, 3.8) is 0 Å². The van der Waals surface area contributed by atoms with Gasteiger partial charge in [0.15, 0.2) is 11.5 Å². The molecule has 1 atom stereocenters. The minimum Gasteiger partial charge on any atom is -0.496 e. The molecule has 0 saturated carbocycles. The second-order valence-corrected chi connectivity index (χ2v) is 8.11. The average molecular weight is 427 g/mol. The highest BCUT2D eigenvalue weighted by atomic mass is 16.7. The molecule has 0 fully saturated rings. The quantitative estimate of drug-likeness (QED) is 0.669. The van der Waals surface area contributed by atoms with Crippen LogP contribution < -0.4 is 14.2 Å². The predicted molar refractivity (Wildman–Crippen MR) is 114 cm³/mol. The van der Waals surface area contributed by atoms with Crippen LogP contribution in [0, 0.1) is 0 Å². The normalized spacial score (nSPS) is 17.5. The van der Waals surface area contributed by atoms with E-state index in [1.54, 1.807) is 7.11 Å². The SMILES string of the molecule is COc1ccc(CO)cc1CCC(=O)CC1c2c(cc3c(c2CO)OCO3)CCN1C. The van der Waals surface area contributed by atoms with Gasteiger partial charge in [-0.3, -0.25) is 9.69 Å². The van der Waals surface area contributed by atoms with Gasteiger partial charge < -0.3 is 24.4 Å². The largest absolute Gasteiger partial charge is 0.496 e. The van der Waals surface area contributed by atoms with Crippen molar-refractivity contribution in [1.29, 1.82) is 0 Å². The van der Waals surface area contributed by atoms with Crippen molar-refractivity contribution in [1.82, 2.24) is 4.90 Å². The number of aliphatic hydroxyl groups is 2. The molecule has 0 bridgehead atoms. The van der Waals surface area contributed by atoms with Crippen LogP contribution in [0.25, 0.3) is 0 Å². The molecular weight excluding hydrogens is 398 g/mol. The lowest BCUT2D eigenvalue weighted by atomic mass is 9.85. The van der Waals surface area contributed by atoms with Gasteiger partial charge in [-0.25, -0.2) is 0 Å². The minimum absolute atomic E-state index is 0.0470. The molecule has 2 aliphatic heterocycles.